The van der Waals surface area contributed by atoms with E-state index in [2.05, 4.69) is 16.0 Å². The van der Waals surface area contributed by atoms with Crippen LogP contribution < -0.4 is 16.0 Å². The van der Waals surface area contributed by atoms with Gasteiger partial charge in [-0.05, 0) is 62.6 Å². The zero-order chi connectivity index (χ0) is 24.0. The van der Waals surface area contributed by atoms with Gasteiger partial charge in [-0.15, -0.1) is 0 Å². The van der Waals surface area contributed by atoms with E-state index in [1.165, 1.54) is 22.5 Å². The number of hydrogen-bond acceptors (Lipinski definition) is 4. The summed E-state index contributed by atoms with van der Waals surface area (Å²) in [4.78, 5) is 24.6. The third-order valence-corrected chi connectivity index (χ3v) is 7.44. The zero-order valence-corrected chi connectivity index (χ0v) is 20.3. The molecule has 0 atom stereocenters. The van der Waals surface area contributed by atoms with E-state index < -0.39 is 15.9 Å². The fourth-order valence-corrected chi connectivity index (χ4v) is 5.25. The third-order valence-electron chi connectivity index (χ3n) is 5.22. The van der Waals surface area contributed by atoms with Crippen molar-refractivity contribution in [2.24, 2.45) is 0 Å². The number of piperidine rings is 1. The summed E-state index contributed by atoms with van der Waals surface area (Å²) >= 11 is 6.20. The summed E-state index contributed by atoms with van der Waals surface area (Å²) in [6.45, 7) is 4.93. The quantitative estimate of drug-likeness (QED) is 0.543. The van der Waals surface area contributed by atoms with E-state index in [0.29, 0.717) is 18.8 Å². The molecule has 1 heterocycles. The van der Waals surface area contributed by atoms with Crippen molar-refractivity contribution in [3.05, 3.63) is 58.6 Å². The average molecular weight is 493 g/mol. The predicted molar refractivity (Wildman–Crippen MR) is 129 cm³/mol. The van der Waals surface area contributed by atoms with Crippen molar-refractivity contribution >= 4 is 39.2 Å². The molecule has 3 amide bonds. The lowest BCUT2D eigenvalue weighted by molar-refractivity contribution is 0.0951. The maximum absolute atomic E-state index is 12.9. The van der Waals surface area contributed by atoms with E-state index in [4.69, 9.17) is 11.6 Å². The summed E-state index contributed by atoms with van der Waals surface area (Å²) in [5, 5.41) is 8.42. The predicted octanol–water partition coefficient (Wildman–Crippen LogP) is 3.97. The molecular weight excluding hydrogens is 464 g/mol. The molecule has 1 aliphatic heterocycles. The first kappa shape index (κ1) is 25.0. The number of urea groups is 1. The molecule has 2 aromatic rings. The highest BCUT2D eigenvalue weighted by Crippen LogP contribution is 2.25. The van der Waals surface area contributed by atoms with E-state index in [1.807, 2.05) is 13.8 Å². The van der Waals surface area contributed by atoms with Crippen LogP contribution in [0.2, 0.25) is 5.02 Å². The topological polar surface area (TPSA) is 108 Å². The van der Waals surface area contributed by atoms with Crippen molar-refractivity contribution in [2.45, 2.75) is 50.6 Å². The molecule has 0 bridgehead atoms. The minimum absolute atomic E-state index is 0.0275. The standard InChI is InChI=1S/C23H29ClN4O4S/c1-16(2)26-23(30)27-18-8-6-17(7-9-18)15-25-22(29)20-14-19(10-11-21(20)24)33(31,32)28-12-4-3-5-13-28/h6-11,14,16H,3-5,12-13,15H2,1-2H3,(H,25,29)(H2,26,27,30). The molecule has 3 N–H and O–H groups in total. The van der Waals surface area contributed by atoms with Crippen molar-refractivity contribution in [2.75, 3.05) is 18.4 Å². The minimum Gasteiger partial charge on any atom is -0.348 e. The molecule has 0 aromatic heterocycles. The van der Waals surface area contributed by atoms with Gasteiger partial charge in [-0.1, -0.05) is 30.2 Å². The molecule has 33 heavy (non-hydrogen) atoms. The van der Waals surface area contributed by atoms with Crippen molar-refractivity contribution in [3.63, 3.8) is 0 Å². The van der Waals surface area contributed by atoms with Crippen LogP contribution in [-0.4, -0.2) is 43.8 Å². The highest BCUT2D eigenvalue weighted by molar-refractivity contribution is 7.89. The lowest BCUT2D eigenvalue weighted by atomic mass is 10.2. The molecule has 178 valence electrons. The third kappa shape index (κ3) is 6.69. The Bertz CT molecular complexity index is 1100. The number of anilines is 1. The number of carbonyl (C=O) groups excluding carboxylic acids is 2. The van der Waals surface area contributed by atoms with Crippen LogP contribution in [-0.2, 0) is 16.6 Å². The fourth-order valence-electron chi connectivity index (χ4n) is 3.51. The summed E-state index contributed by atoms with van der Waals surface area (Å²) in [5.41, 5.74) is 1.55. The second-order valence-electron chi connectivity index (χ2n) is 8.24. The first-order valence-corrected chi connectivity index (χ1v) is 12.7. The average Bonchev–Trinajstić information content (AvgIpc) is 2.78. The molecule has 0 radical (unpaired) electrons. The highest BCUT2D eigenvalue weighted by atomic mass is 35.5. The molecule has 1 fully saturated rings. The number of halogens is 1. The maximum Gasteiger partial charge on any atom is 0.319 e. The lowest BCUT2D eigenvalue weighted by Gasteiger charge is -2.26. The second-order valence-corrected chi connectivity index (χ2v) is 10.6. The Morgan fingerprint density at radius 1 is 1.03 bits per heavy atom. The van der Waals surface area contributed by atoms with Gasteiger partial charge in [0.05, 0.1) is 15.5 Å². The van der Waals surface area contributed by atoms with Crippen LogP contribution in [0, 0.1) is 0 Å². The molecule has 0 aliphatic carbocycles. The lowest BCUT2D eigenvalue weighted by Crippen LogP contribution is -2.35. The fraction of sp³-hybridized carbons (Fsp3) is 0.391. The number of nitrogens with zero attached hydrogens (tertiary/aromatic N) is 1. The summed E-state index contributed by atoms with van der Waals surface area (Å²) in [5.74, 6) is -0.464. The second kappa shape index (κ2) is 11.0. The molecule has 1 aliphatic rings. The van der Waals surface area contributed by atoms with Crippen molar-refractivity contribution in [3.8, 4) is 0 Å². The van der Waals surface area contributed by atoms with Crippen LogP contribution in [0.4, 0.5) is 10.5 Å². The highest BCUT2D eigenvalue weighted by Gasteiger charge is 2.27. The van der Waals surface area contributed by atoms with Gasteiger partial charge >= 0.3 is 6.03 Å². The number of carbonyl (C=O) groups is 2. The molecular formula is C23H29ClN4O4S. The van der Waals surface area contributed by atoms with Gasteiger partial charge in [-0.25, -0.2) is 13.2 Å². The van der Waals surface area contributed by atoms with Crippen molar-refractivity contribution in [1.29, 1.82) is 0 Å². The van der Waals surface area contributed by atoms with Gasteiger partial charge in [0.15, 0.2) is 0 Å². The number of benzene rings is 2. The first-order chi connectivity index (χ1) is 15.7. The van der Waals surface area contributed by atoms with Crippen LogP contribution in [0.1, 0.15) is 49.0 Å². The van der Waals surface area contributed by atoms with Crippen molar-refractivity contribution in [1.82, 2.24) is 14.9 Å². The van der Waals surface area contributed by atoms with E-state index in [1.54, 1.807) is 24.3 Å². The van der Waals surface area contributed by atoms with Crippen LogP contribution in [0.15, 0.2) is 47.4 Å². The van der Waals surface area contributed by atoms with E-state index in [0.717, 1.165) is 24.8 Å². The summed E-state index contributed by atoms with van der Waals surface area (Å²) in [7, 11) is -3.67. The summed E-state index contributed by atoms with van der Waals surface area (Å²) < 4.78 is 27.3. The van der Waals surface area contributed by atoms with Gasteiger partial charge in [0.25, 0.3) is 5.91 Å². The van der Waals surface area contributed by atoms with Gasteiger partial charge in [0, 0.05) is 31.4 Å². The molecule has 2 aromatic carbocycles. The SMILES string of the molecule is CC(C)NC(=O)Nc1ccc(CNC(=O)c2cc(S(=O)(=O)N3CCCCC3)ccc2Cl)cc1. The number of sulfonamides is 1. The molecule has 10 heteroatoms. The molecule has 1 saturated heterocycles. The van der Waals surface area contributed by atoms with Gasteiger partial charge in [-0.2, -0.15) is 4.31 Å². The van der Waals surface area contributed by atoms with Crippen LogP contribution in [0.5, 0.6) is 0 Å². The Hall–Kier alpha value is -2.62. The Balaban J connectivity index is 1.64. The monoisotopic (exact) mass is 492 g/mol. The maximum atomic E-state index is 12.9. The van der Waals surface area contributed by atoms with Gasteiger partial charge in [0.2, 0.25) is 10.0 Å². The molecule has 0 spiro atoms. The Kier molecular flexibility index (Phi) is 8.34. The molecule has 0 saturated carbocycles. The van der Waals surface area contributed by atoms with Gasteiger partial charge in [-0.3, -0.25) is 4.79 Å². The summed E-state index contributed by atoms with van der Waals surface area (Å²) in [6.07, 6.45) is 2.68. The molecule has 0 unspecified atom stereocenters. The van der Waals surface area contributed by atoms with Gasteiger partial charge in [0.1, 0.15) is 0 Å². The van der Waals surface area contributed by atoms with Crippen LogP contribution in [0.25, 0.3) is 0 Å². The Morgan fingerprint density at radius 2 is 1.70 bits per heavy atom. The van der Waals surface area contributed by atoms with E-state index in [9.17, 15) is 18.0 Å². The number of hydrogen-bond donors (Lipinski definition) is 3. The Morgan fingerprint density at radius 3 is 2.33 bits per heavy atom. The summed E-state index contributed by atoms with van der Waals surface area (Å²) in [6, 6.07) is 11.0. The van der Waals surface area contributed by atoms with Crippen LogP contribution >= 0.6 is 11.6 Å². The van der Waals surface area contributed by atoms with Crippen molar-refractivity contribution < 1.29 is 18.0 Å². The number of nitrogens with one attached hydrogen (secondary N) is 3. The number of amides is 3. The molecule has 3 rings (SSSR count). The zero-order valence-electron chi connectivity index (χ0n) is 18.7. The largest absolute Gasteiger partial charge is 0.348 e. The minimum atomic E-state index is -3.67. The van der Waals surface area contributed by atoms with Crippen LogP contribution in [0.3, 0.4) is 0 Å². The number of rotatable bonds is 7. The smallest absolute Gasteiger partial charge is 0.319 e. The van der Waals surface area contributed by atoms with Gasteiger partial charge < -0.3 is 16.0 Å². The Labute approximate surface area is 199 Å². The van der Waals surface area contributed by atoms with E-state index in [-0.39, 0.29) is 34.1 Å². The molecule has 8 nitrogen and oxygen atoms in total. The normalized spacial score (nSPS) is 14.7. The van der Waals surface area contributed by atoms with E-state index >= 15 is 0 Å². The first-order valence-electron chi connectivity index (χ1n) is 10.9.